The molecule has 0 amide bonds. The maximum atomic E-state index is 11.3. The van der Waals surface area contributed by atoms with Gasteiger partial charge in [0.1, 0.15) is 0 Å². The summed E-state index contributed by atoms with van der Waals surface area (Å²) in [6, 6.07) is 0. The summed E-state index contributed by atoms with van der Waals surface area (Å²) < 4.78 is 1.25. The third-order valence-corrected chi connectivity index (χ3v) is 5.21. The van der Waals surface area contributed by atoms with Gasteiger partial charge in [-0.15, -0.1) is 22.8 Å². The lowest BCUT2D eigenvalue weighted by molar-refractivity contribution is -0.140. The normalized spacial score (nSPS) is 15.2. The Morgan fingerprint density at radius 3 is 2.50 bits per heavy atom. The molecule has 18 heavy (non-hydrogen) atoms. The van der Waals surface area contributed by atoms with Crippen LogP contribution in [0.2, 0.25) is 5.31 Å². The van der Waals surface area contributed by atoms with E-state index in [4.69, 9.17) is 0 Å². The summed E-state index contributed by atoms with van der Waals surface area (Å²) in [5.74, 6) is -0.745. The van der Waals surface area contributed by atoms with Crippen LogP contribution in [0, 0.1) is 0 Å². The van der Waals surface area contributed by atoms with Gasteiger partial charge in [-0.05, 0) is 11.1 Å². The minimum Gasteiger partial charge on any atom is -0.481 e. The maximum Gasteiger partial charge on any atom is 0.301 e. The fraction of sp³-hybridized carbons (Fsp3) is 0.700. The summed E-state index contributed by atoms with van der Waals surface area (Å²) in [5, 5.41) is 16.5. The first-order chi connectivity index (χ1) is 8.18. The molecule has 0 fully saturated rings. The van der Waals surface area contributed by atoms with E-state index in [0.29, 0.717) is 18.0 Å². The van der Waals surface area contributed by atoms with Crippen LogP contribution in [0.5, 0.6) is 0 Å². The van der Waals surface area contributed by atoms with E-state index in [9.17, 15) is 9.90 Å². The molecule has 0 saturated carbocycles. The summed E-state index contributed by atoms with van der Waals surface area (Å²) in [6.45, 7) is 7.77. The average Bonchev–Trinajstić information content (AvgIpc) is 2.61. The number of carboxylic acids is 1. The Morgan fingerprint density at radius 2 is 2.11 bits per heavy atom. The standard InChI is InChI=1S/C10H17BN2O2S3/c1-5-10(4,6(14)15)11-9(2,3)18-8-13-12-7(16)17-8/h11H,5H2,1-4H3,(H,12,16)(H,14,15). The Balaban J connectivity index is 2.77. The molecule has 1 aromatic rings. The Bertz CT molecular complexity index is 439. The van der Waals surface area contributed by atoms with Crippen LogP contribution in [0.25, 0.3) is 0 Å². The first-order valence-corrected chi connectivity index (χ1v) is 7.71. The highest BCUT2D eigenvalue weighted by Crippen LogP contribution is 2.41. The van der Waals surface area contributed by atoms with E-state index < -0.39 is 11.3 Å². The third kappa shape index (κ3) is 4.17. The van der Waals surface area contributed by atoms with Crippen molar-refractivity contribution in [3.05, 3.63) is 0 Å². The average molecular weight is 304 g/mol. The van der Waals surface area contributed by atoms with Gasteiger partial charge in [-0.25, -0.2) is 0 Å². The van der Waals surface area contributed by atoms with E-state index >= 15 is 0 Å². The Hall–Kier alpha value is -0.205. The molecule has 1 atom stereocenters. The Kier molecular flexibility index (Phi) is 5.14. The van der Waals surface area contributed by atoms with Crippen LogP contribution in [0.15, 0.2) is 8.68 Å². The fourth-order valence-corrected chi connectivity index (χ4v) is 4.64. The lowest BCUT2D eigenvalue weighted by Crippen LogP contribution is -2.38. The molecule has 0 aliphatic carbocycles. The van der Waals surface area contributed by atoms with Crippen molar-refractivity contribution in [2.75, 3.05) is 0 Å². The van der Waals surface area contributed by atoms with Gasteiger partial charge >= 0.3 is 5.97 Å². The van der Waals surface area contributed by atoms with Crippen molar-refractivity contribution in [3.8, 4) is 0 Å². The van der Waals surface area contributed by atoms with Crippen molar-refractivity contribution in [1.29, 1.82) is 0 Å². The predicted molar refractivity (Wildman–Crippen MR) is 80.5 cm³/mol. The minimum absolute atomic E-state index is 0.205. The molecule has 1 aromatic heterocycles. The zero-order valence-electron chi connectivity index (χ0n) is 10.9. The van der Waals surface area contributed by atoms with Gasteiger partial charge in [0.05, 0.1) is 0 Å². The molecular formula is C10H17BN2O2S3. The molecule has 1 rings (SSSR count). The van der Waals surface area contributed by atoms with Crippen LogP contribution in [0.4, 0.5) is 0 Å². The largest absolute Gasteiger partial charge is 0.481 e. The van der Waals surface area contributed by atoms with Crippen LogP contribution in [0.3, 0.4) is 0 Å². The SMILES string of the molecule is CCC(C)(BC(C)(C)Sc1nnc(S)s1)C(=O)O. The topological polar surface area (TPSA) is 63.1 Å². The van der Waals surface area contributed by atoms with Crippen molar-refractivity contribution in [3.63, 3.8) is 0 Å². The van der Waals surface area contributed by atoms with Crippen molar-refractivity contribution >= 4 is 49.0 Å². The lowest BCUT2D eigenvalue weighted by atomic mass is 9.45. The van der Waals surface area contributed by atoms with Crippen LogP contribution < -0.4 is 0 Å². The molecule has 1 heterocycles. The number of aliphatic carboxylic acids is 1. The third-order valence-electron chi connectivity index (χ3n) is 2.87. The summed E-state index contributed by atoms with van der Waals surface area (Å²) in [6.07, 6.45) is 0.611. The first-order valence-electron chi connectivity index (χ1n) is 5.63. The van der Waals surface area contributed by atoms with E-state index in [0.717, 1.165) is 4.34 Å². The minimum atomic E-state index is -0.745. The summed E-state index contributed by atoms with van der Waals surface area (Å²) in [4.78, 5) is 11.3. The highest BCUT2D eigenvalue weighted by Gasteiger charge is 2.39. The molecule has 0 saturated heterocycles. The number of carboxylic acid groups (broad SMARTS) is 1. The quantitative estimate of drug-likeness (QED) is 0.481. The smallest absolute Gasteiger partial charge is 0.301 e. The molecule has 100 valence electrons. The molecule has 4 nitrogen and oxygen atoms in total. The van der Waals surface area contributed by atoms with Gasteiger partial charge in [0, 0.05) is 5.31 Å². The van der Waals surface area contributed by atoms with Crippen molar-refractivity contribution in [2.45, 2.75) is 52.8 Å². The van der Waals surface area contributed by atoms with E-state index in [1.54, 1.807) is 18.7 Å². The Morgan fingerprint density at radius 1 is 1.50 bits per heavy atom. The number of thioether (sulfide) groups is 1. The highest BCUT2D eigenvalue weighted by molar-refractivity contribution is 8.03. The predicted octanol–water partition coefficient (Wildman–Crippen LogP) is 2.76. The molecule has 1 unspecified atom stereocenters. The number of hydrogen-bond donors (Lipinski definition) is 2. The highest BCUT2D eigenvalue weighted by atomic mass is 32.2. The summed E-state index contributed by atoms with van der Waals surface area (Å²) >= 11 is 7.10. The van der Waals surface area contributed by atoms with Gasteiger partial charge in [0.15, 0.2) is 16.0 Å². The molecule has 0 aliphatic heterocycles. The van der Waals surface area contributed by atoms with Gasteiger partial charge in [0.2, 0.25) is 0 Å². The van der Waals surface area contributed by atoms with E-state index in [2.05, 4.69) is 22.8 Å². The molecule has 0 radical (unpaired) electrons. The van der Waals surface area contributed by atoms with Crippen LogP contribution in [-0.2, 0) is 4.79 Å². The van der Waals surface area contributed by atoms with E-state index in [1.165, 1.54) is 11.3 Å². The number of carbonyl (C=O) groups is 1. The van der Waals surface area contributed by atoms with Crippen LogP contribution >= 0.6 is 35.7 Å². The molecule has 1 N–H and O–H groups in total. The molecule has 0 aromatic carbocycles. The van der Waals surface area contributed by atoms with E-state index in [-0.39, 0.29) is 4.65 Å². The number of thiol groups is 1. The second kappa shape index (κ2) is 5.84. The molecular weight excluding hydrogens is 287 g/mol. The zero-order chi connectivity index (χ0) is 14.0. The monoisotopic (exact) mass is 304 g/mol. The van der Waals surface area contributed by atoms with Crippen molar-refractivity contribution in [2.24, 2.45) is 0 Å². The Labute approximate surface area is 122 Å². The second-order valence-corrected chi connectivity index (χ2v) is 8.77. The fourth-order valence-electron chi connectivity index (χ4n) is 1.81. The summed E-state index contributed by atoms with van der Waals surface area (Å²) in [7, 11) is 0.581. The van der Waals surface area contributed by atoms with Gasteiger partial charge in [0.25, 0.3) is 0 Å². The zero-order valence-corrected chi connectivity index (χ0v) is 13.5. The molecule has 8 heteroatoms. The summed E-state index contributed by atoms with van der Waals surface area (Å²) in [5.41, 5.74) is 0. The van der Waals surface area contributed by atoms with Crippen molar-refractivity contribution < 1.29 is 9.90 Å². The lowest BCUT2D eigenvalue weighted by Gasteiger charge is -2.31. The molecule has 0 bridgehead atoms. The van der Waals surface area contributed by atoms with Crippen LogP contribution in [0.1, 0.15) is 34.1 Å². The van der Waals surface area contributed by atoms with Gasteiger partial charge in [-0.3, -0.25) is 4.79 Å². The first kappa shape index (κ1) is 15.9. The van der Waals surface area contributed by atoms with Gasteiger partial charge in [-0.1, -0.05) is 50.8 Å². The number of rotatable bonds is 6. The molecule has 0 aliphatic rings. The molecule has 0 spiro atoms. The van der Waals surface area contributed by atoms with Gasteiger partial charge < -0.3 is 5.11 Å². The van der Waals surface area contributed by atoms with Crippen molar-refractivity contribution in [1.82, 2.24) is 10.2 Å². The second-order valence-electron chi connectivity index (χ2n) is 5.11. The number of nitrogens with zero attached hydrogens (tertiary/aromatic N) is 2. The number of hydrogen-bond acceptors (Lipinski definition) is 6. The van der Waals surface area contributed by atoms with Gasteiger partial charge in [-0.2, -0.15) is 0 Å². The van der Waals surface area contributed by atoms with E-state index in [1.807, 2.05) is 20.8 Å². The van der Waals surface area contributed by atoms with Crippen LogP contribution in [-0.4, -0.2) is 33.2 Å². The number of aromatic nitrogens is 2. The maximum absolute atomic E-state index is 11.3.